The van der Waals surface area contributed by atoms with Gasteiger partial charge in [-0.2, -0.15) is 0 Å². The van der Waals surface area contributed by atoms with E-state index >= 15 is 0 Å². The standard InChI is InChI=1S/C15H16N2O3S2/c18-15(11-1-2-14-10(7-11)3-6-21-14)17-5-4-16-12-8-22(19,20)9-13(12)17/h1-3,6-7,12-13,16H,4-5,8-9H2/t12-,13+/m0/s1. The molecule has 2 aliphatic heterocycles. The second kappa shape index (κ2) is 5.04. The zero-order valence-electron chi connectivity index (χ0n) is 11.9. The number of piperazine rings is 1. The average molecular weight is 336 g/mol. The van der Waals surface area contributed by atoms with Gasteiger partial charge in [0.15, 0.2) is 9.84 Å². The van der Waals surface area contributed by atoms with Gasteiger partial charge in [0.25, 0.3) is 5.91 Å². The molecule has 1 aromatic heterocycles. The van der Waals surface area contributed by atoms with Crippen molar-refractivity contribution in [1.82, 2.24) is 10.2 Å². The van der Waals surface area contributed by atoms with Gasteiger partial charge in [0.05, 0.1) is 17.5 Å². The van der Waals surface area contributed by atoms with E-state index in [0.29, 0.717) is 18.7 Å². The summed E-state index contributed by atoms with van der Waals surface area (Å²) >= 11 is 1.64. The highest BCUT2D eigenvalue weighted by atomic mass is 32.2. The Kier molecular flexibility index (Phi) is 3.25. The minimum Gasteiger partial charge on any atom is -0.332 e. The van der Waals surface area contributed by atoms with Crippen LogP contribution >= 0.6 is 11.3 Å². The normalized spacial score (nSPS) is 27.0. The van der Waals surface area contributed by atoms with E-state index in [0.717, 1.165) is 10.1 Å². The first-order chi connectivity index (χ1) is 10.5. The molecule has 0 bridgehead atoms. The molecule has 1 aromatic carbocycles. The molecule has 116 valence electrons. The molecule has 2 fully saturated rings. The fourth-order valence-electron chi connectivity index (χ4n) is 3.39. The largest absolute Gasteiger partial charge is 0.332 e. The van der Waals surface area contributed by atoms with Crippen molar-refractivity contribution in [3.05, 3.63) is 35.2 Å². The molecule has 2 aromatic rings. The quantitative estimate of drug-likeness (QED) is 0.847. The van der Waals surface area contributed by atoms with E-state index in [1.807, 2.05) is 29.6 Å². The van der Waals surface area contributed by atoms with Crippen molar-refractivity contribution in [3.8, 4) is 0 Å². The molecule has 0 saturated carbocycles. The maximum Gasteiger partial charge on any atom is 0.254 e. The number of benzene rings is 1. The number of nitrogens with zero attached hydrogens (tertiary/aromatic N) is 1. The van der Waals surface area contributed by atoms with Crippen molar-refractivity contribution in [3.63, 3.8) is 0 Å². The van der Waals surface area contributed by atoms with Gasteiger partial charge < -0.3 is 10.2 Å². The molecule has 2 atom stereocenters. The average Bonchev–Trinajstić information content (AvgIpc) is 3.06. The van der Waals surface area contributed by atoms with Gasteiger partial charge >= 0.3 is 0 Å². The molecule has 4 rings (SSSR count). The zero-order chi connectivity index (χ0) is 15.3. The number of thiophene rings is 1. The lowest BCUT2D eigenvalue weighted by molar-refractivity contribution is 0.0621. The second-order valence-corrected chi connectivity index (χ2v) is 8.98. The fourth-order valence-corrected chi connectivity index (χ4v) is 6.11. The number of carbonyl (C=O) groups excluding carboxylic acids is 1. The molecule has 22 heavy (non-hydrogen) atoms. The maximum atomic E-state index is 12.8. The van der Waals surface area contributed by atoms with Gasteiger partial charge in [-0.1, -0.05) is 0 Å². The molecule has 2 saturated heterocycles. The number of fused-ring (bicyclic) bond motifs is 2. The number of rotatable bonds is 1. The smallest absolute Gasteiger partial charge is 0.254 e. The predicted molar refractivity (Wildman–Crippen MR) is 87.1 cm³/mol. The van der Waals surface area contributed by atoms with Crippen molar-refractivity contribution in [1.29, 1.82) is 0 Å². The maximum absolute atomic E-state index is 12.8. The Morgan fingerprint density at radius 1 is 1.27 bits per heavy atom. The van der Waals surface area contributed by atoms with Crippen LogP contribution < -0.4 is 5.32 Å². The van der Waals surface area contributed by atoms with Crippen LogP contribution in [-0.2, 0) is 9.84 Å². The Hall–Kier alpha value is -1.44. The van der Waals surface area contributed by atoms with Crippen LogP contribution in [0, 0.1) is 0 Å². The molecule has 1 N–H and O–H groups in total. The lowest BCUT2D eigenvalue weighted by Crippen LogP contribution is -2.59. The third-order valence-corrected chi connectivity index (χ3v) is 7.06. The van der Waals surface area contributed by atoms with Gasteiger partial charge in [-0.25, -0.2) is 8.42 Å². The van der Waals surface area contributed by atoms with Gasteiger partial charge in [-0.15, -0.1) is 11.3 Å². The Morgan fingerprint density at radius 3 is 3.00 bits per heavy atom. The molecule has 2 aliphatic rings. The Bertz CT molecular complexity index is 843. The van der Waals surface area contributed by atoms with Gasteiger partial charge in [0, 0.05) is 29.4 Å². The molecule has 3 heterocycles. The number of hydrogen-bond acceptors (Lipinski definition) is 5. The van der Waals surface area contributed by atoms with Crippen LogP contribution in [0.4, 0.5) is 0 Å². The molecule has 0 radical (unpaired) electrons. The molecule has 1 amide bonds. The fraction of sp³-hybridized carbons (Fsp3) is 0.400. The van der Waals surface area contributed by atoms with Crippen molar-refractivity contribution in [2.75, 3.05) is 24.6 Å². The number of carbonyl (C=O) groups is 1. The van der Waals surface area contributed by atoms with Crippen LogP contribution in [-0.4, -0.2) is 55.9 Å². The monoisotopic (exact) mass is 336 g/mol. The molecular formula is C15H16N2O3S2. The summed E-state index contributed by atoms with van der Waals surface area (Å²) in [5, 5.41) is 6.29. The third-order valence-electron chi connectivity index (χ3n) is 4.44. The lowest BCUT2D eigenvalue weighted by Gasteiger charge is -2.37. The zero-order valence-corrected chi connectivity index (χ0v) is 13.5. The minimum atomic E-state index is -3.06. The van der Waals surface area contributed by atoms with Crippen LogP contribution in [0.15, 0.2) is 29.6 Å². The summed E-state index contributed by atoms with van der Waals surface area (Å²) < 4.78 is 24.9. The minimum absolute atomic E-state index is 0.0666. The first-order valence-corrected chi connectivity index (χ1v) is 9.96. The summed E-state index contributed by atoms with van der Waals surface area (Å²) in [4.78, 5) is 14.6. The molecule has 0 unspecified atom stereocenters. The highest BCUT2D eigenvalue weighted by Gasteiger charge is 2.44. The highest BCUT2D eigenvalue weighted by molar-refractivity contribution is 7.91. The van der Waals surface area contributed by atoms with Crippen LogP contribution in [0.5, 0.6) is 0 Å². The van der Waals surface area contributed by atoms with Gasteiger partial charge in [-0.05, 0) is 35.0 Å². The van der Waals surface area contributed by atoms with Gasteiger partial charge in [0.2, 0.25) is 0 Å². The first kappa shape index (κ1) is 14.2. The van der Waals surface area contributed by atoms with E-state index in [1.165, 1.54) is 0 Å². The molecule has 7 heteroatoms. The summed E-state index contributed by atoms with van der Waals surface area (Å²) in [5.74, 6) is 0.129. The Balaban J connectivity index is 1.66. The van der Waals surface area contributed by atoms with E-state index in [2.05, 4.69) is 5.32 Å². The molecule has 0 aliphatic carbocycles. The number of sulfone groups is 1. The van der Waals surface area contributed by atoms with Crippen LogP contribution in [0.2, 0.25) is 0 Å². The predicted octanol–water partition coefficient (Wildman–Crippen LogP) is 1.11. The van der Waals surface area contributed by atoms with Crippen LogP contribution in [0.25, 0.3) is 10.1 Å². The van der Waals surface area contributed by atoms with Gasteiger partial charge in [-0.3, -0.25) is 4.79 Å². The molecule has 5 nitrogen and oxygen atoms in total. The summed E-state index contributed by atoms with van der Waals surface area (Å²) in [6.45, 7) is 1.19. The SMILES string of the molecule is O=C(c1ccc2sccc2c1)N1CCN[C@H]2CS(=O)(=O)C[C@H]21. The van der Waals surface area contributed by atoms with Crippen molar-refractivity contribution in [2.24, 2.45) is 0 Å². The summed E-state index contributed by atoms with van der Waals surface area (Å²) in [6.07, 6.45) is 0. The van der Waals surface area contributed by atoms with E-state index in [9.17, 15) is 13.2 Å². The van der Waals surface area contributed by atoms with E-state index in [1.54, 1.807) is 16.2 Å². The second-order valence-electron chi connectivity index (χ2n) is 5.88. The van der Waals surface area contributed by atoms with Crippen LogP contribution in [0.1, 0.15) is 10.4 Å². The summed E-state index contributed by atoms with van der Waals surface area (Å²) in [5.41, 5.74) is 0.635. The highest BCUT2D eigenvalue weighted by Crippen LogP contribution is 2.26. The van der Waals surface area contributed by atoms with Gasteiger partial charge in [0.1, 0.15) is 0 Å². The van der Waals surface area contributed by atoms with E-state index < -0.39 is 9.84 Å². The van der Waals surface area contributed by atoms with Crippen molar-refractivity contribution < 1.29 is 13.2 Å². The number of hydrogen-bond donors (Lipinski definition) is 1. The Labute approximate surface area is 132 Å². The Morgan fingerprint density at radius 2 is 2.14 bits per heavy atom. The van der Waals surface area contributed by atoms with E-state index in [4.69, 9.17) is 0 Å². The lowest BCUT2D eigenvalue weighted by atomic mass is 10.0. The van der Waals surface area contributed by atoms with Crippen molar-refractivity contribution in [2.45, 2.75) is 12.1 Å². The van der Waals surface area contributed by atoms with E-state index in [-0.39, 0.29) is 29.5 Å². The van der Waals surface area contributed by atoms with Crippen LogP contribution in [0.3, 0.4) is 0 Å². The topological polar surface area (TPSA) is 66.5 Å². The molecular weight excluding hydrogens is 320 g/mol. The third kappa shape index (κ3) is 2.33. The number of nitrogens with one attached hydrogen (secondary N) is 1. The summed E-state index contributed by atoms with van der Waals surface area (Å²) in [6, 6.07) is 7.31. The van der Waals surface area contributed by atoms with Crippen molar-refractivity contribution >= 4 is 37.2 Å². The first-order valence-electron chi connectivity index (χ1n) is 7.25. The number of amides is 1. The summed E-state index contributed by atoms with van der Waals surface area (Å²) in [7, 11) is -3.06. The molecule has 0 spiro atoms.